The lowest BCUT2D eigenvalue weighted by molar-refractivity contribution is 0.415. The van der Waals surface area contributed by atoms with E-state index < -0.39 is 0 Å². The Balaban J connectivity index is 1.84. The molecule has 0 atom stereocenters. The van der Waals surface area contributed by atoms with Gasteiger partial charge in [0.15, 0.2) is 0 Å². The van der Waals surface area contributed by atoms with Gasteiger partial charge in [0.2, 0.25) is 0 Å². The average molecular weight is 411 g/mol. The predicted molar refractivity (Wildman–Crippen MR) is 136 cm³/mol. The third kappa shape index (κ3) is 2.86. The molecule has 0 aromatic heterocycles. The van der Waals surface area contributed by atoms with Crippen LogP contribution in [-0.4, -0.2) is 7.11 Å². The van der Waals surface area contributed by atoms with Crippen LogP contribution in [0.2, 0.25) is 0 Å². The van der Waals surface area contributed by atoms with Crippen molar-refractivity contribution in [3.8, 4) is 28.0 Å². The van der Waals surface area contributed by atoms with Crippen LogP contribution in [0.4, 0.5) is 0 Å². The smallest absolute Gasteiger partial charge is 0.120 e. The zero-order valence-corrected chi connectivity index (χ0v) is 17.9. The first-order valence-corrected chi connectivity index (χ1v) is 10.9. The first-order valence-electron chi connectivity index (χ1n) is 10.9. The Bertz CT molecular complexity index is 1540. The van der Waals surface area contributed by atoms with Crippen LogP contribution in [0.15, 0.2) is 115 Å². The Morgan fingerprint density at radius 2 is 0.969 bits per heavy atom. The quantitative estimate of drug-likeness (QED) is 0.266. The number of ether oxygens (including phenoxy) is 1. The fourth-order valence-corrected chi connectivity index (χ4v) is 4.94. The van der Waals surface area contributed by atoms with Crippen molar-refractivity contribution in [3.63, 3.8) is 0 Å². The molecule has 0 spiro atoms. The molecule has 32 heavy (non-hydrogen) atoms. The first-order chi connectivity index (χ1) is 15.8. The Hall–Kier alpha value is -4.10. The highest BCUT2D eigenvalue weighted by molar-refractivity contribution is 6.23. The molecule has 0 bridgehead atoms. The topological polar surface area (TPSA) is 9.23 Å². The summed E-state index contributed by atoms with van der Waals surface area (Å²) < 4.78 is 5.70. The van der Waals surface area contributed by atoms with Gasteiger partial charge >= 0.3 is 0 Å². The number of methoxy groups -OCH3 is 1. The van der Waals surface area contributed by atoms with Gasteiger partial charge in [0, 0.05) is 0 Å². The molecule has 152 valence electrons. The van der Waals surface area contributed by atoms with Crippen molar-refractivity contribution in [1.82, 2.24) is 0 Å². The normalized spacial score (nSPS) is 11.3. The van der Waals surface area contributed by atoms with E-state index in [0.29, 0.717) is 0 Å². The molecule has 0 saturated heterocycles. The summed E-state index contributed by atoms with van der Waals surface area (Å²) >= 11 is 0. The van der Waals surface area contributed by atoms with Gasteiger partial charge in [-0.05, 0) is 66.7 Å². The van der Waals surface area contributed by atoms with Gasteiger partial charge in [-0.2, -0.15) is 0 Å². The maximum Gasteiger partial charge on any atom is 0.120 e. The van der Waals surface area contributed by atoms with E-state index >= 15 is 0 Å². The highest BCUT2D eigenvalue weighted by Gasteiger charge is 2.18. The van der Waals surface area contributed by atoms with Gasteiger partial charge in [-0.25, -0.2) is 0 Å². The third-order valence-electron chi connectivity index (χ3n) is 6.33. The van der Waals surface area contributed by atoms with E-state index in [9.17, 15) is 0 Å². The van der Waals surface area contributed by atoms with Crippen LogP contribution in [0.3, 0.4) is 0 Å². The summed E-state index contributed by atoms with van der Waals surface area (Å²) in [5.41, 5.74) is 4.98. The van der Waals surface area contributed by atoms with Crippen LogP contribution in [0, 0.1) is 0 Å². The van der Waals surface area contributed by atoms with Crippen molar-refractivity contribution in [2.24, 2.45) is 0 Å². The lowest BCUT2D eigenvalue weighted by atomic mass is 9.84. The van der Waals surface area contributed by atoms with Crippen molar-refractivity contribution >= 4 is 32.3 Å². The summed E-state index contributed by atoms with van der Waals surface area (Å²) in [5.74, 6) is 0.874. The zero-order chi connectivity index (χ0) is 21.5. The molecular weight excluding hydrogens is 388 g/mol. The molecule has 0 aliphatic carbocycles. The third-order valence-corrected chi connectivity index (χ3v) is 6.33. The standard InChI is InChI=1S/C31H22O/c1-32-23-19-22-13-5-6-14-24(22)29(20-23)31-27-17-9-7-15-25(27)30(21-11-3-2-4-12-21)26-16-8-10-18-28(26)31/h2-20H,1H3. The lowest BCUT2D eigenvalue weighted by Crippen LogP contribution is -1.92. The second-order valence-electron chi connectivity index (χ2n) is 8.10. The number of benzene rings is 6. The van der Waals surface area contributed by atoms with E-state index in [2.05, 4.69) is 115 Å². The molecule has 0 unspecified atom stereocenters. The second-order valence-corrected chi connectivity index (χ2v) is 8.10. The van der Waals surface area contributed by atoms with Crippen LogP contribution < -0.4 is 4.74 Å². The molecule has 0 fully saturated rings. The van der Waals surface area contributed by atoms with Gasteiger partial charge < -0.3 is 4.74 Å². The molecule has 0 saturated carbocycles. The van der Waals surface area contributed by atoms with Crippen molar-refractivity contribution in [2.45, 2.75) is 0 Å². The Morgan fingerprint density at radius 1 is 0.469 bits per heavy atom. The molecule has 1 heteroatoms. The van der Waals surface area contributed by atoms with Gasteiger partial charge in [0.05, 0.1) is 7.11 Å². The molecule has 1 nitrogen and oxygen atoms in total. The summed E-state index contributed by atoms with van der Waals surface area (Å²) in [6, 6.07) is 41.1. The van der Waals surface area contributed by atoms with Gasteiger partial charge in [0.25, 0.3) is 0 Å². The predicted octanol–water partition coefficient (Wildman–Crippen LogP) is 8.49. The number of fused-ring (bicyclic) bond motifs is 3. The minimum atomic E-state index is 0.874. The molecule has 6 aromatic carbocycles. The minimum absolute atomic E-state index is 0.874. The van der Waals surface area contributed by atoms with Crippen LogP contribution in [0.25, 0.3) is 54.6 Å². The molecule has 6 rings (SSSR count). The zero-order valence-electron chi connectivity index (χ0n) is 17.9. The monoisotopic (exact) mass is 410 g/mol. The Kier molecular flexibility index (Phi) is 4.40. The van der Waals surface area contributed by atoms with Crippen LogP contribution in [-0.2, 0) is 0 Å². The SMILES string of the molecule is COc1cc(-c2c3ccccc3c(-c3ccccc3)c3ccccc23)c2ccccc2c1. The molecule has 6 aromatic rings. The Morgan fingerprint density at radius 3 is 1.56 bits per heavy atom. The molecule has 0 amide bonds. The van der Waals surface area contributed by atoms with Crippen molar-refractivity contribution < 1.29 is 4.74 Å². The van der Waals surface area contributed by atoms with Gasteiger partial charge in [-0.3, -0.25) is 0 Å². The molecule has 0 aliphatic heterocycles. The maximum atomic E-state index is 5.70. The lowest BCUT2D eigenvalue weighted by Gasteiger charge is -2.19. The summed E-state index contributed by atoms with van der Waals surface area (Å²) in [7, 11) is 1.74. The van der Waals surface area contributed by atoms with Crippen LogP contribution in [0.1, 0.15) is 0 Å². The van der Waals surface area contributed by atoms with E-state index in [1.54, 1.807) is 7.11 Å². The fourth-order valence-electron chi connectivity index (χ4n) is 4.94. The molecular formula is C31H22O. The highest BCUT2D eigenvalue weighted by Crippen LogP contribution is 2.45. The summed E-state index contributed by atoms with van der Waals surface area (Å²) in [6.07, 6.45) is 0. The molecule has 0 aliphatic rings. The average Bonchev–Trinajstić information content (AvgIpc) is 2.87. The highest BCUT2D eigenvalue weighted by atomic mass is 16.5. The minimum Gasteiger partial charge on any atom is -0.497 e. The molecule has 0 heterocycles. The van der Waals surface area contributed by atoms with Crippen LogP contribution in [0.5, 0.6) is 5.75 Å². The number of hydrogen-bond acceptors (Lipinski definition) is 1. The molecule has 0 N–H and O–H groups in total. The summed E-state index contributed by atoms with van der Waals surface area (Å²) in [5, 5.41) is 7.45. The van der Waals surface area contributed by atoms with Gasteiger partial charge in [-0.15, -0.1) is 0 Å². The van der Waals surface area contributed by atoms with Crippen LogP contribution >= 0.6 is 0 Å². The second kappa shape index (κ2) is 7.55. The van der Waals surface area contributed by atoms with Gasteiger partial charge in [0.1, 0.15) is 5.75 Å². The van der Waals surface area contributed by atoms with Crippen molar-refractivity contribution in [3.05, 3.63) is 115 Å². The Labute approximate surface area is 187 Å². The largest absolute Gasteiger partial charge is 0.497 e. The molecule has 0 radical (unpaired) electrons. The van der Waals surface area contributed by atoms with E-state index in [1.807, 2.05) is 0 Å². The van der Waals surface area contributed by atoms with E-state index in [1.165, 1.54) is 54.6 Å². The van der Waals surface area contributed by atoms with E-state index in [0.717, 1.165) is 5.75 Å². The first kappa shape index (κ1) is 18.7. The van der Waals surface area contributed by atoms with Gasteiger partial charge in [-0.1, -0.05) is 103 Å². The summed E-state index contributed by atoms with van der Waals surface area (Å²) in [6.45, 7) is 0. The van der Waals surface area contributed by atoms with E-state index in [4.69, 9.17) is 4.74 Å². The summed E-state index contributed by atoms with van der Waals surface area (Å²) in [4.78, 5) is 0. The number of hydrogen-bond donors (Lipinski definition) is 0. The van der Waals surface area contributed by atoms with E-state index in [-0.39, 0.29) is 0 Å². The van der Waals surface area contributed by atoms with Crippen molar-refractivity contribution in [2.75, 3.05) is 7.11 Å². The maximum absolute atomic E-state index is 5.70. The number of rotatable bonds is 3. The van der Waals surface area contributed by atoms with Crippen molar-refractivity contribution in [1.29, 1.82) is 0 Å². The fraction of sp³-hybridized carbons (Fsp3) is 0.0323.